The molecule has 1 saturated heterocycles. The van der Waals surface area contributed by atoms with Crippen LogP contribution in [0.15, 0.2) is 42.5 Å². The SMILES string of the molecule is C[C@@H](Cc1ccc(O)cc1)NC(=O)c1cc(Cl)ccc1N1CCCCC1. The van der Waals surface area contributed by atoms with E-state index in [1.807, 2.05) is 31.2 Å². The molecule has 3 rings (SSSR count). The zero-order chi connectivity index (χ0) is 18.5. The first kappa shape index (κ1) is 18.6. The van der Waals surface area contributed by atoms with Gasteiger partial charge < -0.3 is 15.3 Å². The number of phenols is 1. The molecule has 1 atom stereocenters. The molecule has 2 aromatic rings. The highest BCUT2D eigenvalue weighted by atomic mass is 35.5. The van der Waals surface area contributed by atoms with Crippen LogP contribution in [0.3, 0.4) is 0 Å². The van der Waals surface area contributed by atoms with Gasteiger partial charge in [0.15, 0.2) is 0 Å². The Morgan fingerprint density at radius 1 is 1.15 bits per heavy atom. The second-order valence-corrected chi connectivity index (χ2v) is 7.39. The second-order valence-electron chi connectivity index (χ2n) is 6.95. The van der Waals surface area contributed by atoms with Crippen molar-refractivity contribution in [3.63, 3.8) is 0 Å². The van der Waals surface area contributed by atoms with E-state index in [9.17, 15) is 9.90 Å². The molecule has 4 nitrogen and oxygen atoms in total. The van der Waals surface area contributed by atoms with Crippen molar-refractivity contribution in [2.24, 2.45) is 0 Å². The largest absolute Gasteiger partial charge is 0.508 e. The number of halogens is 1. The molecular weight excluding hydrogens is 348 g/mol. The van der Waals surface area contributed by atoms with Crippen LogP contribution >= 0.6 is 11.6 Å². The van der Waals surface area contributed by atoms with Crippen LogP contribution in [0.4, 0.5) is 5.69 Å². The monoisotopic (exact) mass is 372 g/mol. The lowest BCUT2D eigenvalue weighted by molar-refractivity contribution is 0.0940. The first-order valence-electron chi connectivity index (χ1n) is 9.16. The van der Waals surface area contributed by atoms with Gasteiger partial charge in [0.25, 0.3) is 5.91 Å². The summed E-state index contributed by atoms with van der Waals surface area (Å²) in [5.74, 6) is 0.148. The molecule has 1 amide bonds. The van der Waals surface area contributed by atoms with Crippen LogP contribution in [-0.4, -0.2) is 30.1 Å². The number of phenolic OH excluding ortho intramolecular Hbond substituents is 1. The number of hydrogen-bond acceptors (Lipinski definition) is 3. The quantitative estimate of drug-likeness (QED) is 0.818. The first-order chi connectivity index (χ1) is 12.5. The Balaban J connectivity index is 1.72. The topological polar surface area (TPSA) is 52.6 Å². The highest BCUT2D eigenvalue weighted by Crippen LogP contribution is 2.27. The van der Waals surface area contributed by atoms with Gasteiger partial charge in [-0.1, -0.05) is 23.7 Å². The van der Waals surface area contributed by atoms with Gasteiger partial charge in [0.1, 0.15) is 5.75 Å². The zero-order valence-corrected chi connectivity index (χ0v) is 15.8. The molecular formula is C21H25ClN2O2. The maximum atomic E-state index is 12.9. The van der Waals surface area contributed by atoms with Crippen molar-refractivity contribution in [2.45, 2.75) is 38.6 Å². The average Bonchev–Trinajstić information content (AvgIpc) is 2.64. The Bertz CT molecular complexity index is 755. The van der Waals surface area contributed by atoms with E-state index in [-0.39, 0.29) is 17.7 Å². The van der Waals surface area contributed by atoms with E-state index in [0.717, 1.165) is 37.2 Å². The van der Waals surface area contributed by atoms with E-state index in [1.54, 1.807) is 18.2 Å². The van der Waals surface area contributed by atoms with Crippen molar-refractivity contribution in [1.29, 1.82) is 0 Å². The van der Waals surface area contributed by atoms with E-state index >= 15 is 0 Å². The number of carbonyl (C=O) groups is 1. The van der Waals surface area contributed by atoms with Crippen molar-refractivity contribution in [3.8, 4) is 5.75 Å². The van der Waals surface area contributed by atoms with Gasteiger partial charge in [-0.2, -0.15) is 0 Å². The molecule has 1 heterocycles. The number of nitrogens with one attached hydrogen (secondary N) is 1. The summed E-state index contributed by atoms with van der Waals surface area (Å²) in [5, 5.41) is 13.0. The number of nitrogens with zero attached hydrogens (tertiary/aromatic N) is 1. The van der Waals surface area contributed by atoms with Gasteiger partial charge in [-0.3, -0.25) is 4.79 Å². The summed E-state index contributed by atoms with van der Waals surface area (Å²) in [6.07, 6.45) is 4.25. The lowest BCUT2D eigenvalue weighted by Crippen LogP contribution is -2.36. The highest BCUT2D eigenvalue weighted by Gasteiger charge is 2.20. The molecule has 0 spiro atoms. The minimum Gasteiger partial charge on any atom is -0.508 e. The van der Waals surface area contributed by atoms with Gasteiger partial charge in [-0.25, -0.2) is 0 Å². The van der Waals surface area contributed by atoms with Crippen molar-refractivity contribution in [1.82, 2.24) is 5.32 Å². The predicted molar refractivity (Wildman–Crippen MR) is 106 cm³/mol. The van der Waals surface area contributed by atoms with E-state index < -0.39 is 0 Å². The van der Waals surface area contributed by atoms with Gasteiger partial charge >= 0.3 is 0 Å². The zero-order valence-electron chi connectivity index (χ0n) is 15.0. The smallest absolute Gasteiger partial charge is 0.253 e. The Kier molecular flexibility index (Phi) is 6.04. The van der Waals surface area contributed by atoms with Gasteiger partial charge in [-0.05, 0) is 68.5 Å². The van der Waals surface area contributed by atoms with E-state index in [1.165, 1.54) is 6.42 Å². The van der Waals surface area contributed by atoms with Crippen LogP contribution in [0.5, 0.6) is 5.75 Å². The van der Waals surface area contributed by atoms with Crippen molar-refractivity contribution >= 4 is 23.2 Å². The standard InChI is InChI=1S/C21H25ClN2O2/c1-15(13-16-5-8-18(25)9-6-16)23-21(26)19-14-17(22)7-10-20(19)24-11-3-2-4-12-24/h5-10,14-15,25H,2-4,11-13H2,1H3,(H,23,26)/t15-/m0/s1. The maximum Gasteiger partial charge on any atom is 0.253 e. The minimum atomic E-state index is -0.0978. The number of hydrogen-bond donors (Lipinski definition) is 2. The molecule has 0 aromatic heterocycles. The number of benzene rings is 2. The summed E-state index contributed by atoms with van der Waals surface area (Å²) in [6.45, 7) is 3.94. The molecule has 5 heteroatoms. The van der Waals surface area contributed by atoms with Crippen molar-refractivity contribution in [3.05, 3.63) is 58.6 Å². The summed E-state index contributed by atoms with van der Waals surface area (Å²) in [7, 11) is 0. The Morgan fingerprint density at radius 3 is 2.54 bits per heavy atom. The van der Waals surface area contributed by atoms with E-state index in [0.29, 0.717) is 17.0 Å². The van der Waals surface area contributed by atoms with Crippen LogP contribution in [0.1, 0.15) is 42.1 Å². The van der Waals surface area contributed by atoms with Crippen molar-refractivity contribution in [2.75, 3.05) is 18.0 Å². The fraction of sp³-hybridized carbons (Fsp3) is 0.381. The molecule has 0 aliphatic carbocycles. The highest BCUT2D eigenvalue weighted by molar-refractivity contribution is 6.31. The number of rotatable bonds is 5. The van der Waals surface area contributed by atoms with Crippen LogP contribution < -0.4 is 10.2 Å². The first-order valence-corrected chi connectivity index (χ1v) is 9.54. The molecule has 1 aliphatic rings. The number of carbonyl (C=O) groups excluding carboxylic acids is 1. The summed E-state index contributed by atoms with van der Waals surface area (Å²) in [4.78, 5) is 15.2. The molecule has 26 heavy (non-hydrogen) atoms. The number of aromatic hydroxyl groups is 1. The second kappa shape index (κ2) is 8.45. The van der Waals surface area contributed by atoms with Crippen LogP contribution in [0, 0.1) is 0 Å². The molecule has 0 bridgehead atoms. The summed E-state index contributed by atoms with van der Waals surface area (Å²) in [5.41, 5.74) is 2.67. The molecule has 2 aromatic carbocycles. The van der Waals surface area contributed by atoms with Gasteiger partial charge in [0, 0.05) is 29.8 Å². The molecule has 0 radical (unpaired) electrons. The number of amides is 1. The lowest BCUT2D eigenvalue weighted by atomic mass is 10.0. The van der Waals surface area contributed by atoms with Crippen molar-refractivity contribution < 1.29 is 9.90 Å². The maximum absolute atomic E-state index is 12.9. The van der Waals surface area contributed by atoms with Gasteiger partial charge in [0.2, 0.25) is 0 Å². The summed E-state index contributed by atoms with van der Waals surface area (Å²) in [6, 6.07) is 12.6. The van der Waals surface area contributed by atoms with Gasteiger partial charge in [-0.15, -0.1) is 0 Å². The lowest BCUT2D eigenvalue weighted by Gasteiger charge is -2.30. The Morgan fingerprint density at radius 2 is 1.85 bits per heavy atom. The third kappa shape index (κ3) is 4.70. The van der Waals surface area contributed by atoms with Crippen LogP contribution in [-0.2, 0) is 6.42 Å². The van der Waals surface area contributed by atoms with E-state index in [2.05, 4.69) is 10.2 Å². The van der Waals surface area contributed by atoms with Crippen LogP contribution in [0.2, 0.25) is 5.02 Å². The molecule has 1 aliphatic heterocycles. The third-order valence-corrected chi connectivity index (χ3v) is 4.99. The van der Waals surface area contributed by atoms with E-state index in [4.69, 9.17) is 11.6 Å². The summed E-state index contributed by atoms with van der Waals surface area (Å²) >= 11 is 6.16. The average molecular weight is 373 g/mol. The fourth-order valence-corrected chi connectivity index (χ4v) is 3.61. The minimum absolute atomic E-state index is 0.0276. The third-order valence-electron chi connectivity index (χ3n) is 4.76. The summed E-state index contributed by atoms with van der Waals surface area (Å²) < 4.78 is 0. The molecule has 0 saturated carbocycles. The molecule has 0 unspecified atom stereocenters. The Labute approximate surface area is 159 Å². The fourth-order valence-electron chi connectivity index (χ4n) is 3.44. The predicted octanol–water partition coefficient (Wildman–Crippen LogP) is 4.40. The normalized spacial score (nSPS) is 15.5. The van der Waals surface area contributed by atoms with Gasteiger partial charge in [0.05, 0.1) is 5.56 Å². The molecule has 138 valence electrons. The molecule has 1 fully saturated rings. The Hall–Kier alpha value is -2.20. The molecule has 2 N–H and O–H groups in total. The number of anilines is 1. The number of piperidine rings is 1. The van der Waals surface area contributed by atoms with Crippen LogP contribution in [0.25, 0.3) is 0 Å².